The first-order valence-electron chi connectivity index (χ1n) is 10.8. The second-order valence-electron chi connectivity index (χ2n) is 8.07. The fraction of sp³-hybridized carbons (Fsp3) is 0.192. The van der Waals surface area contributed by atoms with E-state index in [0.717, 1.165) is 25.1 Å². The van der Waals surface area contributed by atoms with Crippen LogP contribution in [0.25, 0.3) is 33.6 Å². The zero-order valence-corrected chi connectivity index (χ0v) is 18.0. The van der Waals surface area contributed by atoms with E-state index in [-0.39, 0.29) is 34.1 Å². The number of aldehydes is 1. The molecular weight excluding hydrogens is 440 g/mol. The van der Waals surface area contributed by atoms with Crippen molar-refractivity contribution < 1.29 is 22.7 Å². The van der Waals surface area contributed by atoms with Crippen LogP contribution >= 0.6 is 0 Å². The maximum Gasteiger partial charge on any atom is 0.164 e. The van der Waals surface area contributed by atoms with Crippen LogP contribution in [0, 0.1) is 23.0 Å². The molecule has 5 rings (SSSR count). The van der Waals surface area contributed by atoms with Gasteiger partial charge in [0.1, 0.15) is 29.4 Å². The van der Waals surface area contributed by atoms with E-state index >= 15 is 0 Å². The summed E-state index contributed by atoms with van der Waals surface area (Å²) in [5.74, 6) is -1.11. The number of aromatic nitrogens is 1. The number of halogens is 2. The predicted molar refractivity (Wildman–Crippen MR) is 122 cm³/mol. The Morgan fingerprint density at radius 1 is 1.09 bits per heavy atom. The van der Waals surface area contributed by atoms with E-state index in [4.69, 9.17) is 9.15 Å². The van der Waals surface area contributed by atoms with Gasteiger partial charge in [-0.15, -0.1) is 0 Å². The molecule has 2 aromatic heterocycles. The van der Waals surface area contributed by atoms with E-state index < -0.39 is 11.6 Å². The van der Waals surface area contributed by atoms with Crippen molar-refractivity contribution in [2.24, 2.45) is 0 Å². The molecule has 0 radical (unpaired) electrons. The summed E-state index contributed by atoms with van der Waals surface area (Å²) < 4.78 is 40.7. The van der Waals surface area contributed by atoms with Crippen molar-refractivity contribution >= 4 is 23.1 Å². The van der Waals surface area contributed by atoms with Crippen LogP contribution in [0.2, 0.25) is 0 Å². The zero-order chi connectivity index (χ0) is 23.7. The lowest BCUT2D eigenvalue weighted by atomic mass is 10.0. The molecule has 0 bridgehead atoms. The van der Waals surface area contributed by atoms with Crippen LogP contribution in [-0.2, 0) is 4.74 Å². The van der Waals surface area contributed by atoms with Crippen LogP contribution in [0.1, 0.15) is 28.8 Å². The predicted octanol–water partition coefficient (Wildman–Crippen LogP) is 5.72. The molecule has 1 aliphatic heterocycles. The average molecular weight is 459 g/mol. The number of carbonyl (C=O) groups is 1. The van der Waals surface area contributed by atoms with Crippen molar-refractivity contribution in [3.8, 4) is 28.5 Å². The molecule has 0 aliphatic carbocycles. The van der Waals surface area contributed by atoms with Gasteiger partial charge in [0.15, 0.2) is 11.4 Å². The third kappa shape index (κ3) is 4.02. The highest BCUT2D eigenvalue weighted by Gasteiger charge is 2.20. The third-order valence-electron chi connectivity index (χ3n) is 5.90. The van der Waals surface area contributed by atoms with Crippen molar-refractivity contribution in [3.63, 3.8) is 0 Å². The third-order valence-corrected chi connectivity index (χ3v) is 5.90. The van der Waals surface area contributed by atoms with Gasteiger partial charge in [-0.2, -0.15) is 5.26 Å². The van der Waals surface area contributed by atoms with Gasteiger partial charge >= 0.3 is 0 Å². The number of rotatable bonds is 5. The summed E-state index contributed by atoms with van der Waals surface area (Å²) in [7, 11) is 0. The number of benzene rings is 2. The monoisotopic (exact) mass is 459 g/mol. The van der Waals surface area contributed by atoms with Gasteiger partial charge in [0.05, 0.1) is 28.6 Å². The summed E-state index contributed by atoms with van der Waals surface area (Å²) in [6, 6.07) is 12.9. The first kappa shape index (κ1) is 21.7. The van der Waals surface area contributed by atoms with Gasteiger partial charge < -0.3 is 14.5 Å². The topological polar surface area (TPSA) is 88.2 Å². The number of furan rings is 1. The molecular formula is C26H19F2N3O3. The number of ether oxygens (including phenoxy) is 1. The van der Waals surface area contributed by atoms with Crippen molar-refractivity contribution in [3.05, 3.63) is 71.4 Å². The molecule has 1 N–H and O–H groups in total. The van der Waals surface area contributed by atoms with E-state index in [1.165, 1.54) is 18.2 Å². The van der Waals surface area contributed by atoms with Crippen LogP contribution in [0.3, 0.4) is 0 Å². The lowest BCUT2D eigenvalue weighted by Gasteiger charge is -2.24. The quantitative estimate of drug-likeness (QED) is 0.384. The molecule has 34 heavy (non-hydrogen) atoms. The van der Waals surface area contributed by atoms with Gasteiger partial charge in [-0.3, -0.25) is 4.79 Å². The summed E-state index contributed by atoms with van der Waals surface area (Å²) in [5.41, 5.74) is 2.42. The minimum Gasteiger partial charge on any atom is -0.453 e. The molecule has 0 saturated carbocycles. The molecule has 4 aromatic rings. The van der Waals surface area contributed by atoms with Crippen LogP contribution < -0.4 is 5.32 Å². The second kappa shape index (κ2) is 9.04. The highest BCUT2D eigenvalue weighted by atomic mass is 19.1. The Labute approximate surface area is 193 Å². The number of anilines is 1. The van der Waals surface area contributed by atoms with Crippen LogP contribution in [0.5, 0.6) is 0 Å². The number of fused-ring (bicyclic) bond motifs is 1. The van der Waals surface area contributed by atoms with Gasteiger partial charge in [0.25, 0.3) is 0 Å². The molecule has 6 nitrogen and oxygen atoms in total. The molecule has 1 saturated heterocycles. The highest BCUT2D eigenvalue weighted by Crippen LogP contribution is 2.37. The fourth-order valence-corrected chi connectivity index (χ4v) is 4.14. The van der Waals surface area contributed by atoms with Gasteiger partial charge in [-0.1, -0.05) is 12.1 Å². The van der Waals surface area contributed by atoms with E-state index in [1.807, 2.05) is 0 Å². The number of nitrogens with zero attached hydrogens (tertiary/aromatic N) is 2. The minimum absolute atomic E-state index is 0.128. The first-order valence-corrected chi connectivity index (χ1v) is 10.8. The minimum atomic E-state index is -0.638. The molecule has 0 unspecified atom stereocenters. The van der Waals surface area contributed by atoms with Gasteiger partial charge in [0.2, 0.25) is 0 Å². The Morgan fingerprint density at radius 3 is 2.65 bits per heavy atom. The average Bonchev–Trinajstić information content (AvgIpc) is 3.28. The summed E-state index contributed by atoms with van der Waals surface area (Å²) in [6.45, 7) is 1.33. The Bertz CT molecular complexity index is 1440. The summed E-state index contributed by atoms with van der Waals surface area (Å²) in [4.78, 5) is 15.0. The Morgan fingerprint density at radius 2 is 1.91 bits per heavy atom. The first-order chi connectivity index (χ1) is 16.6. The van der Waals surface area contributed by atoms with Crippen LogP contribution in [0.15, 0.2) is 53.1 Å². The number of pyridine rings is 1. The van der Waals surface area contributed by atoms with E-state index in [2.05, 4.69) is 16.4 Å². The molecule has 0 atom stereocenters. The molecule has 170 valence electrons. The Hall–Kier alpha value is -4.09. The molecule has 0 amide bonds. The summed E-state index contributed by atoms with van der Waals surface area (Å²) in [6.07, 6.45) is 3.30. The molecule has 3 heterocycles. The smallest absolute Gasteiger partial charge is 0.164 e. The number of nitrogens with one attached hydrogen (secondary N) is 1. The maximum atomic E-state index is 15.0. The molecule has 8 heteroatoms. The van der Waals surface area contributed by atoms with Crippen molar-refractivity contribution in [1.82, 2.24) is 4.98 Å². The Kier molecular flexibility index (Phi) is 5.78. The van der Waals surface area contributed by atoms with E-state index in [0.29, 0.717) is 41.8 Å². The number of hydrogen-bond donors (Lipinski definition) is 1. The van der Waals surface area contributed by atoms with Crippen LogP contribution in [0.4, 0.5) is 14.5 Å². The molecule has 2 aromatic carbocycles. The van der Waals surface area contributed by atoms with Crippen molar-refractivity contribution in [2.45, 2.75) is 18.9 Å². The SMILES string of the molecule is N#Cc1cc(-c2c(F)cnc3cc(-c4ccc(C=O)cc4F)oc23)ccc1NC1CCOCC1. The Balaban J connectivity index is 1.56. The standard InChI is InChI=1S/C26H19F2N3O3/c27-20-9-15(14-32)1-3-19(20)24-11-23-26(34-24)25(21(28)13-30-23)16-2-4-22(17(10-16)12-29)31-18-5-7-33-8-6-18/h1-4,9-11,13-14,18,31H,5-8H2. The highest BCUT2D eigenvalue weighted by molar-refractivity contribution is 5.93. The molecule has 1 fully saturated rings. The molecule has 1 aliphatic rings. The zero-order valence-electron chi connectivity index (χ0n) is 18.0. The van der Waals surface area contributed by atoms with Crippen molar-refractivity contribution in [2.75, 3.05) is 18.5 Å². The number of carbonyl (C=O) groups excluding carboxylic acids is 1. The van der Waals surface area contributed by atoms with E-state index in [1.54, 1.807) is 18.2 Å². The summed E-state index contributed by atoms with van der Waals surface area (Å²) >= 11 is 0. The fourth-order valence-electron chi connectivity index (χ4n) is 4.14. The number of nitriles is 1. The lowest BCUT2D eigenvalue weighted by Crippen LogP contribution is -2.28. The van der Waals surface area contributed by atoms with E-state index in [9.17, 15) is 18.8 Å². The van der Waals surface area contributed by atoms with Gasteiger partial charge in [-0.25, -0.2) is 13.8 Å². The largest absolute Gasteiger partial charge is 0.453 e. The maximum absolute atomic E-state index is 15.0. The van der Waals surface area contributed by atoms with Gasteiger partial charge in [0, 0.05) is 30.9 Å². The molecule has 0 spiro atoms. The second-order valence-corrected chi connectivity index (χ2v) is 8.07. The van der Waals surface area contributed by atoms with Crippen LogP contribution in [-0.4, -0.2) is 30.5 Å². The number of hydrogen-bond acceptors (Lipinski definition) is 6. The summed E-state index contributed by atoms with van der Waals surface area (Å²) in [5, 5.41) is 13.1. The van der Waals surface area contributed by atoms with Crippen molar-refractivity contribution in [1.29, 1.82) is 5.26 Å². The lowest BCUT2D eigenvalue weighted by molar-refractivity contribution is 0.0904. The normalized spacial score (nSPS) is 14.1. The van der Waals surface area contributed by atoms with Gasteiger partial charge in [-0.05, 0) is 42.7 Å².